The van der Waals surface area contributed by atoms with Crippen molar-refractivity contribution < 1.29 is 14.3 Å². The van der Waals surface area contributed by atoms with Crippen molar-refractivity contribution >= 4 is 22.7 Å². The maximum atomic E-state index is 12.4. The Labute approximate surface area is 124 Å². The van der Waals surface area contributed by atoms with E-state index in [2.05, 4.69) is 4.98 Å². The van der Waals surface area contributed by atoms with Crippen molar-refractivity contribution in [3.63, 3.8) is 0 Å². The van der Waals surface area contributed by atoms with Gasteiger partial charge in [0.05, 0.1) is 5.52 Å². The van der Waals surface area contributed by atoms with Gasteiger partial charge >= 0.3 is 5.97 Å². The molecule has 0 saturated carbocycles. The van der Waals surface area contributed by atoms with Crippen LogP contribution < -0.4 is 0 Å². The zero-order valence-electron chi connectivity index (χ0n) is 12.7. The Bertz CT molecular complexity index is 686. The molecule has 1 aromatic heterocycles. The zero-order chi connectivity index (χ0) is 15.6. The van der Waals surface area contributed by atoms with Crippen molar-refractivity contribution in [1.82, 2.24) is 4.98 Å². The van der Waals surface area contributed by atoms with Gasteiger partial charge in [-0.05, 0) is 39.8 Å². The van der Waals surface area contributed by atoms with Crippen LogP contribution in [0.1, 0.15) is 38.2 Å². The van der Waals surface area contributed by atoms with Crippen LogP contribution in [0.3, 0.4) is 0 Å². The van der Waals surface area contributed by atoms with Gasteiger partial charge in [0.2, 0.25) is 0 Å². The van der Waals surface area contributed by atoms with Gasteiger partial charge in [0, 0.05) is 5.39 Å². The smallest absolute Gasteiger partial charge is 0.317 e. The van der Waals surface area contributed by atoms with Crippen LogP contribution in [0.25, 0.3) is 10.9 Å². The number of carbonyl (C=O) groups excluding carboxylic acids is 2. The molecule has 0 radical (unpaired) electrons. The van der Waals surface area contributed by atoms with E-state index in [9.17, 15) is 9.59 Å². The first-order valence-electron chi connectivity index (χ1n) is 6.91. The molecular weight excluding hydrogens is 266 g/mol. The first-order valence-corrected chi connectivity index (χ1v) is 6.91. The van der Waals surface area contributed by atoms with Gasteiger partial charge in [-0.2, -0.15) is 0 Å². The third-order valence-electron chi connectivity index (χ3n) is 3.00. The maximum Gasteiger partial charge on any atom is 0.317 e. The van der Waals surface area contributed by atoms with Gasteiger partial charge in [-0.3, -0.25) is 9.59 Å². The molecule has 0 aliphatic heterocycles. The normalized spacial score (nSPS) is 13.0. The number of carbonyl (C=O) groups is 2. The first-order chi connectivity index (χ1) is 9.78. The fraction of sp³-hybridized carbons (Fsp3) is 0.353. The van der Waals surface area contributed by atoms with E-state index in [1.807, 2.05) is 30.3 Å². The summed E-state index contributed by atoms with van der Waals surface area (Å²) in [7, 11) is 0. The molecule has 0 fully saturated rings. The van der Waals surface area contributed by atoms with Gasteiger partial charge in [-0.25, -0.2) is 4.98 Å². The molecule has 0 N–H and O–H groups in total. The van der Waals surface area contributed by atoms with E-state index in [4.69, 9.17) is 4.74 Å². The lowest BCUT2D eigenvalue weighted by Gasteiger charge is -2.21. The van der Waals surface area contributed by atoms with E-state index in [1.54, 1.807) is 33.8 Å². The van der Waals surface area contributed by atoms with Crippen molar-refractivity contribution in [2.75, 3.05) is 0 Å². The van der Waals surface area contributed by atoms with Crippen LogP contribution >= 0.6 is 0 Å². The molecule has 0 saturated heterocycles. The van der Waals surface area contributed by atoms with Crippen molar-refractivity contribution in [3.05, 3.63) is 42.1 Å². The number of fused-ring (bicyclic) bond motifs is 1. The number of hydrogen-bond donors (Lipinski definition) is 0. The number of nitrogens with zero attached hydrogens (tertiary/aromatic N) is 1. The molecule has 0 amide bonds. The summed E-state index contributed by atoms with van der Waals surface area (Å²) in [5, 5.41) is 0.957. The summed E-state index contributed by atoms with van der Waals surface area (Å²) in [4.78, 5) is 28.6. The highest BCUT2D eigenvalue weighted by Crippen LogP contribution is 2.17. The second-order valence-corrected chi connectivity index (χ2v) is 6.01. The van der Waals surface area contributed by atoms with Gasteiger partial charge in [0.1, 0.15) is 17.2 Å². The first kappa shape index (κ1) is 15.2. The molecule has 1 aromatic carbocycles. The minimum Gasteiger partial charge on any atom is -0.459 e. The van der Waals surface area contributed by atoms with E-state index < -0.39 is 17.5 Å². The predicted molar refractivity (Wildman–Crippen MR) is 81.1 cm³/mol. The molecule has 21 heavy (non-hydrogen) atoms. The van der Waals surface area contributed by atoms with Crippen molar-refractivity contribution in [3.8, 4) is 0 Å². The Kier molecular flexibility index (Phi) is 4.07. The van der Waals surface area contributed by atoms with Crippen molar-refractivity contribution in [2.45, 2.75) is 33.3 Å². The average Bonchev–Trinajstić information content (AvgIpc) is 2.43. The van der Waals surface area contributed by atoms with Crippen LogP contribution in [-0.2, 0) is 9.53 Å². The van der Waals surface area contributed by atoms with Crippen LogP contribution in [0.15, 0.2) is 36.4 Å². The summed E-state index contributed by atoms with van der Waals surface area (Å²) in [6.45, 7) is 6.87. The molecule has 1 unspecified atom stereocenters. The molecule has 1 heterocycles. The number of pyridine rings is 1. The molecule has 110 valence electrons. The second-order valence-electron chi connectivity index (χ2n) is 6.01. The number of Topliss-reactive ketones (excluding diaryl/α,β-unsaturated/α-hetero) is 1. The molecular formula is C17H19NO3. The molecule has 0 spiro atoms. The summed E-state index contributed by atoms with van der Waals surface area (Å²) in [6.07, 6.45) is 0. The number of para-hydroxylation sites is 1. The predicted octanol–water partition coefficient (Wildman–Crippen LogP) is 3.40. The molecule has 0 bridgehead atoms. The quantitative estimate of drug-likeness (QED) is 0.493. The minimum absolute atomic E-state index is 0.284. The Morgan fingerprint density at radius 1 is 1.10 bits per heavy atom. The number of rotatable bonds is 3. The zero-order valence-corrected chi connectivity index (χ0v) is 12.7. The van der Waals surface area contributed by atoms with Crippen LogP contribution in [0.4, 0.5) is 0 Å². The number of aromatic nitrogens is 1. The Morgan fingerprint density at radius 2 is 1.76 bits per heavy atom. The van der Waals surface area contributed by atoms with Gasteiger partial charge in [0.15, 0.2) is 5.78 Å². The summed E-state index contributed by atoms with van der Waals surface area (Å²) in [5.41, 5.74) is 0.411. The standard InChI is InChI=1S/C17H19NO3/c1-11(16(20)21-17(2,3)4)15(19)14-10-9-12-7-5-6-8-13(12)18-14/h5-11H,1-4H3. The molecule has 4 heteroatoms. The van der Waals surface area contributed by atoms with Gasteiger partial charge < -0.3 is 4.74 Å². The van der Waals surface area contributed by atoms with E-state index in [1.165, 1.54) is 0 Å². The van der Waals surface area contributed by atoms with Crippen LogP contribution in [0, 0.1) is 5.92 Å². The maximum absolute atomic E-state index is 12.4. The lowest BCUT2D eigenvalue weighted by atomic mass is 10.0. The molecule has 1 atom stereocenters. The van der Waals surface area contributed by atoms with E-state index in [0.29, 0.717) is 0 Å². The van der Waals surface area contributed by atoms with Gasteiger partial charge in [0.25, 0.3) is 0 Å². The number of ketones is 1. The molecule has 4 nitrogen and oxygen atoms in total. The van der Waals surface area contributed by atoms with Gasteiger partial charge in [-0.15, -0.1) is 0 Å². The summed E-state index contributed by atoms with van der Waals surface area (Å²) in [5.74, 6) is -1.71. The lowest BCUT2D eigenvalue weighted by Crippen LogP contribution is -2.31. The van der Waals surface area contributed by atoms with E-state index in [0.717, 1.165) is 10.9 Å². The van der Waals surface area contributed by atoms with Crippen molar-refractivity contribution in [1.29, 1.82) is 0 Å². The highest BCUT2D eigenvalue weighted by Gasteiger charge is 2.28. The number of benzene rings is 1. The monoisotopic (exact) mass is 285 g/mol. The largest absolute Gasteiger partial charge is 0.459 e. The van der Waals surface area contributed by atoms with Crippen LogP contribution in [0.2, 0.25) is 0 Å². The van der Waals surface area contributed by atoms with Crippen LogP contribution in [0.5, 0.6) is 0 Å². The number of ether oxygens (including phenoxy) is 1. The number of esters is 1. The Hall–Kier alpha value is -2.23. The third-order valence-corrected chi connectivity index (χ3v) is 3.00. The average molecular weight is 285 g/mol. The summed E-state index contributed by atoms with van der Waals surface area (Å²) < 4.78 is 5.24. The molecule has 2 aromatic rings. The third kappa shape index (κ3) is 3.66. The van der Waals surface area contributed by atoms with Gasteiger partial charge in [-0.1, -0.05) is 24.3 Å². The SMILES string of the molecule is CC(C(=O)OC(C)(C)C)C(=O)c1ccc2ccccc2n1. The minimum atomic E-state index is -0.863. The topological polar surface area (TPSA) is 56.3 Å². The Morgan fingerprint density at radius 3 is 2.43 bits per heavy atom. The second kappa shape index (κ2) is 5.64. The van der Waals surface area contributed by atoms with E-state index in [-0.39, 0.29) is 11.5 Å². The molecule has 2 rings (SSSR count). The Balaban J connectivity index is 2.23. The lowest BCUT2D eigenvalue weighted by molar-refractivity contribution is -0.157. The number of hydrogen-bond acceptors (Lipinski definition) is 4. The highest BCUT2D eigenvalue weighted by atomic mass is 16.6. The highest BCUT2D eigenvalue weighted by molar-refractivity contribution is 6.08. The molecule has 0 aliphatic rings. The fourth-order valence-corrected chi connectivity index (χ4v) is 1.92. The van der Waals surface area contributed by atoms with Crippen LogP contribution in [-0.4, -0.2) is 22.3 Å². The molecule has 0 aliphatic carbocycles. The summed E-state index contributed by atoms with van der Waals surface area (Å²) in [6, 6.07) is 11.0. The van der Waals surface area contributed by atoms with E-state index >= 15 is 0 Å². The fourth-order valence-electron chi connectivity index (χ4n) is 1.92. The summed E-state index contributed by atoms with van der Waals surface area (Å²) >= 11 is 0. The van der Waals surface area contributed by atoms with Crippen molar-refractivity contribution in [2.24, 2.45) is 5.92 Å².